The number of Topliss-reactive ketones (excluding diaryl/α,β-unsaturated/α-hetero) is 1. The Kier molecular flexibility index (Phi) is 5.23. The molecule has 2 heterocycles. The third-order valence-electron chi connectivity index (χ3n) is 4.78. The third-order valence-corrected chi connectivity index (χ3v) is 4.78. The highest BCUT2D eigenvalue weighted by molar-refractivity contribution is 6.10. The van der Waals surface area contributed by atoms with Crippen molar-refractivity contribution < 1.29 is 19.4 Å². The van der Waals surface area contributed by atoms with Crippen molar-refractivity contribution in [3.63, 3.8) is 0 Å². The normalized spacial score (nSPS) is 17.2. The van der Waals surface area contributed by atoms with Gasteiger partial charge in [0, 0.05) is 23.4 Å². The molecule has 2 aromatic rings. The minimum atomic E-state index is -0.741. The highest BCUT2D eigenvalue weighted by Gasteiger charge is 2.46. The Balaban J connectivity index is 2.10. The molecule has 1 unspecified atom stereocenters. The molecular weight excluding hydrogens is 356 g/mol. The van der Waals surface area contributed by atoms with Crippen molar-refractivity contribution in [2.24, 2.45) is 5.41 Å². The van der Waals surface area contributed by atoms with E-state index in [2.05, 4.69) is 4.98 Å². The molecule has 1 aliphatic rings. The number of carbonyl (C=O) groups excluding carboxylic acids is 2. The smallest absolute Gasteiger partial charge is 0.290 e. The van der Waals surface area contributed by atoms with Crippen molar-refractivity contribution in [1.82, 2.24) is 9.88 Å². The summed E-state index contributed by atoms with van der Waals surface area (Å²) in [7, 11) is 1.56. The molecule has 6 heteroatoms. The van der Waals surface area contributed by atoms with Crippen LogP contribution in [0.25, 0.3) is 0 Å². The molecule has 1 aromatic heterocycles. The van der Waals surface area contributed by atoms with Gasteiger partial charge in [0.25, 0.3) is 5.91 Å². The maximum atomic E-state index is 13.1. The van der Waals surface area contributed by atoms with Crippen LogP contribution in [0, 0.1) is 5.41 Å². The molecule has 1 amide bonds. The third kappa shape index (κ3) is 3.50. The van der Waals surface area contributed by atoms with E-state index in [1.54, 1.807) is 52.4 Å². The first kappa shape index (κ1) is 19.6. The predicted octanol–water partition coefficient (Wildman–Crippen LogP) is 3.60. The Morgan fingerprint density at radius 3 is 2.43 bits per heavy atom. The van der Waals surface area contributed by atoms with Gasteiger partial charge in [-0.15, -0.1) is 0 Å². The lowest BCUT2D eigenvalue weighted by atomic mass is 9.82. The van der Waals surface area contributed by atoms with Gasteiger partial charge in [0.05, 0.1) is 25.3 Å². The minimum Gasteiger partial charge on any atom is -0.503 e. The molecule has 0 fully saturated rings. The number of aliphatic hydroxyl groups is 1. The van der Waals surface area contributed by atoms with E-state index >= 15 is 0 Å². The van der Waals surface area contributed by atoms with Crippen LogP contribution in [-0.2, 0) is 16.1 Å². The van der Waals surface area contributed by atoms with Gasteiger partial charge in [0.2, 0.25) is 0 Å². The van der Waals surface area contributed by atoms with Crippen molar-refractivity contribution in [3.05, 3.63) is 71.3 Å². The molecule has 0 saturated heterocycles. The molecule has 3 rings (SSSR count). The second kappa shape index (κ2) is 7.46. The van der Waals surface area contributed by atoms with Crippen LogP contribution in [-0.4, -0.2) is 33.8 Å². The first-order valence-electron chi connectivity index (χ1n) is 9.06. The summed E-state index contributed by atoms with van der Waals surface area (Å²) in [6.45, 7) is 5.51. The van der Waals surface area contributed by atoms with Crippen LogP contribution >= 0.6 is 0 Å². The fourth-order valence-electron chi connectivity index (χ4n) is 3.36. The number of hydrogen-bond acceptors (Lipinski definition) is 5. The van der Waals surface area contributed by atoms with Crippen LogP contribution in [0.4, 0.5) is 0 Å². The molecule has 0 spiro atoms. The molecule has 146 valence electrons. The van der Waals surface area contributed by atoms with Crippen LogP contribution in [0.2, 0.25) is 0 Å². The largest absolute Gasteiger partial charge is 0.503 e. The molecule has 1 aliphatic heterocycles. The molecule has 28 heavy (non-hydrogen) atoms. The summed E-state index contributed by atoms with van der Waals surface area (Å²) in [4.78, 5) is 31.6. The van der Waals surface area contributed by atoms with Crippen LogP contribution < -0.4 is 4.74 Å². The number of pyridine rings is 1. The molecule has 0 radical (unpaired) electrons. The number of aromatic nitrogens is 1. The number of amides is 1. The standard InChI is InChI=1S/C22H24N2O4/c1-22(2,3)20(26)17-18(14-9-11-23-12-10-14)24(21(27)19(17)25)13-15-7-5-6-8-16(15)28-4/h5-12,18,25H,13H2,1-4H3. The zero-order chi connectivity index (χ0) is 20.5. The Morgan fingerprint density at radius 2 is 1.82 bits per heavy atom. The lowest BCUT2D eigenvalue weighted by Gasteiger charge is -2.29. The summed E-state index contributed by atoms with van der Waals surface area (Å²) < 4.78 is 5.40. The number of para-hydroxylation sites is 1. The molecular formula is C22H24N2O4. The summed E-state index contributed by atoms with van der Waals surface area (Å²) >= 11 is 0. The van der Waals surface area contributed by atoms with E-state index < -0.39 is 23.1 Å². The van der Waals surface area contributed by atoms with Crippen molar-refractivity contribution in [3.8, 4) is 5.75 Å². The molecule has 0 bridgehead atoms. The number of rotatable bonds is 5. The lowest BCUT2D eigenvalue weighted by molar-refractivity contribution is -0.130. The van der Waals surface area contributed by atoms with Gasteiger partial charge in [-0.1, -0.05) is 39.0 Å². The molecule has 1 atom stereocenters. The van der Waals surface area contributed by atoms with Crippen molar-refractivity contribution in [2.75, 3.05) is 7.11 Å². The van der Waals surface area contributed by atoms with Crippen LogP contribution in [0.15, 0.2) is 60.1 Å². The van der Waals surface area contributed by atoms with Gasteiger partial charge in [-0.3, -0.25) is 14.6 Å². The number of hydrogen-bond donors (Lipinski definition) is 1. The summed E-state index contributed by atoms with van der Waals surface area (Å²) in [6, 6.07) is 10.2. The molecule has 6 nitrogen and oxygen atoms in total. The van der Waals surface area contributed by atoms with E-state index in [0.717, 1.165) is 11.1 Å². The van der Waals surface area contributed by atoms with Crippen molar-refractivity contribution in [2.45, 2.75) is 33.4 Å². The number of ketones is 1. The predicted molar refractivity (Wildman–Crippen MR) is 105 cm³/mol. The maximum Gasteiger partial charge on any atom is 0.290 e. The van der Waals surface area contributed by atoms with Gasteiger partial charge in [-0.25, -0.2) is 0 Å². The zero-order valence-corrected chi connectivity index (χ0v) is 16.5. The second-order valence-electron chi connectivity index (χ2n) is 7.77. The van der Waals surface area contributed by atoms with Gasteiger partial charge >= 0.3 is 0 Å². The van der Waals surface area contributed by atoms with Gasteiger partial charge in [-0.05, 0) is 23.8 Å². The highest BCUT2D eigenvalue weighted by Crippen LogP contribution is 2.42. The first-order valence-corrected chi connectivity index (χ1v) is 9.06. The van der Waals surface area contributed by atoms with Crippen LogP contribution in [0.3, 0.4) is 0 Å². The summed E-state index contributed by atoms with van der Waals surface area (Å²) in [5.74, 6) is -0.682. The number of methoxy groups -OCH3 is 1. The molecule has 0 saturated carbocycles. The first-order chi connectivity index (χ1) is 13.3. The van der Waals surface area contributed by atoms with E-state index in [1.165, 1.54) is 4.90 Å². The summed E-state index contributed by atoms with van der Waals surface area (Å²) in [5, 5.41) is 10.6. The number of ether oxygens (including phenoxy) is 1. The fraction of sp³-hybridized carbons (Fsp3) is 0.318. The minimum absolute atomic E-state index is 0.124. The Hall–Kier alpha value is -3.15. The van der Waals surface area contributed by atoms with Gasteiger partial charge < -0.3 is 14.7 Å². The van der Waals surface area contributed by atoms with E-state index in [1.807, 2.05) is 24.3 Å². The Morgan fingerprint density at radius 1 is 1.18 bits per heavy atom. The number of aliphatic hydroxyl groups excluding tert-OH is 1. The Bertz CT molecular complexity index is 929. The fourth-order valence-corrected chi connectivity index (χ4v) is 3.36. The molecule has 1 N–H and O–H groups in total. The summed E-state index contributed by atoms with van der Waals surface area (Å²) in [6.07, 6.45) is 3.21. The SMILES string of the molecule is COc1ccccc1CN1C(=O)C(O)=C(C(=O)C(C)(C)C)C1c1ccncc1. The maximum absolute atomic E-state index is 13.1. The Labute approximate surface area is 164 Å². The lowest BCUT2D eigenvalue weighted by Crippen LogP contribution is -2.32. The van der Waals surface area contributed by atoms with Gasteiger partial charge in [0.15, 0.2) is 11.5 Å². The number of benzene rings is 1. The van der Waals surface area contributed by atoms with E-state index in [4.69, 9.17) is 4.74 Å². The van der Waals surface area contributed by atoms with E-state index in [-0.39, 0.29) is 17.9 Å². The highest BCUT2D eigenvalue weighted by atomic mass is 16.5. The topological polar surface area (TPSA) is 79.7 Å². The van der Waals surface area contributed by atoms with Crippen molar-refractivity contribution in [1.29, 1.82) is 0 Å². The number of nitrogens with zero attached hydrogens (tertiary/aromatic N) is 2. The van der Waals surface area contributed by atoms with Crippen LogP contribution in [0.5, 0.6) is 5.75 Å². The van der Waals surface area contributed by atoms with Crippen molar-refractivity contribution >= 4 is 11.7 Å². The van der Waals surface area contributed by atoms with Crippen LogP contribution in [0.1, 0.15) is 37.9 Å². The quantitative estimate of drug-likeness (QED) is 0.857. The monoisotopic (exact) mass is 380 g/mol. The average Bonchev–Trinajstić information content (AvgIpc) is 2.92. The zero-order valence-electron chi connectivity index (χ0n) is 16.5. The van der Waals surface area contributed by atoms with Gasteiger partial charge in [-0.2, -0.15) is 0 Å². The molecule has 0 aliphatic carbocycles. The second-order valence-corrected chi connectivity index (χ2v) is 7.77. The van der Waals surface area contributed by atoms with E-state index in [0.29, 0.717) is 5.75 Å². The molecule has 1 aromatic carbocycles. The van der Waals surface area contributed by atoms with Gasteiger partial charge in [0.1, 0.15) is 5.75 Å². The average molecular weight is 380 g/mol. The summed E-state index contributed by atoms with van der Waals surface area (Å²) in [5.41, 5.74) is 0.887. The number of carbonyl (C=O) groups is 2. The van der Waals surface area contributed by atoms with E-state index in [9.17, 15) is 14.7 Å².